The van der Waals surface area contributed by atoms with Gasteiger partial charge in [-0.2, -0.15) is 5.10 Å². The molecule has 0 saturated carbocycles. The Bertz CT molecular complexity index is 1350. The minimum absolute atomic E-state index is 0.0204. The zero-order chi connectivity index (χ0) is 21.2. The van der Waals surface area contributed by atoms with Gasteiger partial charge in [0.15, 0.2) is 5.65 Å². The van der Waals surface area contributed by atoms with Crippen LogP contribution in [0.4, 0.5) is 10.3 Å². The summed E-state index contributed by atoms with van der Waals surface area (Å²) in [5, 5.41) is 21.2. The van der Waals surface area contributed by atoms with E-state index in [9.17, 15) is 9.50 Å². The van der Waals surface area contributed by atoms with Crippen LogP contribution in [0, 0.1) is 5.82 Å². The predicted molar refractivity (Wildman–Crippen MR) is 115 cm³/mol. The maximum absolute atomic E-state index is 13.3. The van der Waals surface area contributed by atoms with E-state index in [0.29, 0.717) is 18.0 Å². The minimum atomic E-state index is -0.305. The van der Waals surface area contributed by atoms with Gasteiger partial charge in [-0.15, -0.1) is 0 Å². The van der Waals surface area contributed by atoms with Gasteiger partial charge in [-0.3, -0.25) is 5.10 Å². The topological polar surface area (TPSA) is 112 Å². The van der Waals surface area contributed by atoms with E-state index in [1.165, 1.54) is 18.5 Å². The number of H-pyrrole nitrogens is 1. The van der Waals surface area contributed by atoms with Gasteiger partial charge in [-0.1, -0.05) is 18.2 Å². The first-order valence-corrected chi connectivity index (χ1v) is 9.75. The zero-order valence-electron chi connectivity index (χ0n) is 16.3. The summed E-state index contributed by atoms with van der Waals surface area (Å²) in [4.78, 5) is 17.6. The SMILES string of the molecule is OCC[C@@H](Nc1ncc2cc(-c3ncnc4[nH]ncc34)ccc2n1)c1ccc(F)cc1. The molecule has 3 heterocycles. The van der Waals surface area contributed by atoms with Crippen LogP contribution in [0.15, 0.2) is 61.2 Å². The molecule has 0 amide bonds. The average Bonchev–Trinajstić information content (AvgIpc) is 3.28. The zero-order valence-corrected chi connectivity index (χ0v) is 16.3. The molecule has 0 aliphatic carbocycles. The highest BCUT2D eigenvalue weighted by atomic mass is 19.1. The van der Waals surface area contributed by atoms with Crippen molar-refractivity contribution in [3.8, 4) is 11.3 Å². The van der Waals surface area contributed by atoms with Crippen molar-refractivity contribution in [2.75, 3.05) is 11.9 Å². The van der Waals surface area contributed by atoms with Crippen molar-refractivity contribution >= 4 is 27.9 Å². The first-order chi connectivity index (χ1) is 15.2. The third-order valence-corrected chi connectivity index (χ3v) is 5.09. The summed E-state index contributed by atoms with van der Waals surface area (Å²) in [6.07, 6.45) is 5.39. The third kappa shape index (κ3) is 3.78. The van der Waals surface area contributed by atoms with Crippen LogP contribution in [0.2, 0.25) is 0 Å². The van der Waals surface area contributed by atoms with Gasteiger partial charge >= 0.3 is 0 Å². The Labute approximate surface area is 176 Å². The maximum Gasteiger partial charge on any atom is 0.223 e. The van der Waals surface area contributed by atoms with Gasteiger partial charge in [0.1, 0.15) is 12.1 Å². The molecule has 3 N–H and O–H groups in total. The van der Waals surface area contributed by atoms with Gasteiger partial charge < -0.3 is 10.4 Å². The number of aliphatic hydroxyl groups is 1. The molecule has 8 nitrogen and oxygen atoms in total. The fraction of sp³-hybridized carbons (Fsp3) is 0.136. The molecule has 0 unspecified atom stereocenters. The molecule has 0 radical (unpaired) electrons. The van der Waals surface area contributed by atoms with Crippen molar-refractivity contribution in [1.29, 1.82) is 0 Å². The molecule has 154 valence electrons. The van der Waals surface area contributed by atoms with Crippen LogP contribution in [0.3, 0.4) is 0 Å². The number of aromatic amines is 1. The van der Waals surface area contributed by atoms with Crippen molar-refractivity contribution in [3.63, 3.8) is 0 Å². The molecule has 0 fully saturated rings. The van der Waals surface area contributed by atoms with E-state index in [0.717, 1.165) is 33.1 Å². The Kier molecular flexibility index (Phi) is 4.93. The van der Waals surface area contributed by atoms with E-state index >= 15 is 0 Å². The van der Waals surface area contributed by atoms with Crippen molar-refractivity contribution in [2.24, 2.45) is 0 Å². The fourth-order valence-electron chi connectivity index (χ4n) is 3.55. The summed E-state index contributed by atoms with van der Waals surface area (Å²) in [7, 11) is 0. The van der Waals surface area contributed by atoms with Gasteiger partial charge in [-0.25, -0.2) is 24.3 Å². The lowest BCUT2D eigenvalue weighted by molar-refractivity contribution is 0.280. The number of aliphatic hydroxyl groups excluding tert-OH is 1. The summed E-state index contributed by atoms with van der Waals surface area (Å²) in [6, 6.07) is 11.8. The van der Waals surface area contributed by atoms with E-state index in [1.807, 2.05) is 18.2 Å². The van der Waals surface area contributed by atoms with E-state index in [1.54, 1.807) is 24.5 Å². The second kappa shape index (κ2) is 8.04. The Hall–Kier alpha value is -3.98. The molecule has 0 saturated heterocycles. The normalized spacial score (nSPS) is 12.3. The number of anilines is 1. The highest BCUT2D eigenvalue weighted by molar-refractivity contribution is 5.93. The quantitative estimate of drug-likeness (QED) is 0.388. The highest BCUT2D eigenvalue weighted by Gasteiger charge is 2.14. The van der Waals surface area contributed by atoms with E-state index in [2.05, 4.69) is 35.5 Å². The summed E-state index contributed by atoms with van der Waals surface area (Å²) in [5.41, 5.74) is 3.98. The molecule has 5 aromatic rings. The van der Waals surface area contributed by atoms with E-state index in [4.69, 9.17) is 0 Å². The number of benzene rings is 2. The Morgan fingerprint density at radius 1 is 1.03 bits per heavy atom. The molecule has 0 spiro atoms. The second-order valence-corrected chi connectivity index (χ2v) is 7.08. The van der Waals surface area contributed by atoms with Gasteiger partial charge in [-0.05, 0) is 36.2 Å². The molecule has 1 atom stereocenters. The molecule has 2 aromatic carbocycles. The maximum atomic E-state index is 13.3. The Balaban J connectivity index is 1.45. The molecule has 0 bridgehead atoms. The number of fused-ring (bicyclic) bond motifs is 2. The molecule has 9 heteroatoms. The smallest absolute Gasteiger partial charge is 0.223 e. The first-order valence-electron chi connectivity index (χ1n) is 9.75. The number of aromatic nitrogens is 6. The van der Waals surface area contributed by atoms with Crippen LogP contribution < -0.4 is 5.32 Å². The summed E-state index contributed by atoms with van der Waals surface area (Å²) >= 11 is 0. The number of halogens is 1. The lowest BCUT2D eigenvalue weighted by Crippen LogP contribution is -2.14. The fourth-order valence-corrected chi connectivity index (χ4v) is 3.55. The summed E-state index contributed by atoms with van der Waals surface area (Å²) < 4.78 is 13.3. The van der Waals surface area contributed by atoms with Crippen LogP contribution in [0.25, 0.3) is 33.2 Å². The average molecular weight is 415 g/mol. The Morgan fingerprint density at radius 3 is 2.74 bits per heavy atom. The molecule has 5 rings (SSSR count). The van der Waals surface area contributed by atoms with Crippen LogP contribution in [-0.4, -0.2) is 41.8 Å². The number of hydrogen-bond donors (Lipinski definition) is 3. The summed E-state index contributed by atoms with van der Waals surface area (Å²) in [5.74, 6) is 0.128. The molecule has 31 heavy (non-hydrogen) atoms. The molecular formula is C22H18FN7O. The minimum Gasteiger partial charge on any atom is -0.396 e. The van der Waals surface area contributed by atoms with Crippen molar-refractivity contribution in [3.05, 3.63) is 72.6 Å². The van der Waals surface area contributed by atoms with Gasteiger partial charge in [0.25, 0.3) is 0 Å². The molecule has 0 aliphatic heterocycles. The number of rotatable bonds is 6. The number of hydrogen-bond acceptors (Lipinski definition) is 7. The van der Waals surface area contributed by atoms with Gasteiger partial charge in [0.05, 0.1) is 28.8 Å². The summed E-state index contributed by atoms with van der Waals surface area (Å²) in [6.45, 7) is -0.0204. The Morgan fingerprint density at radius 2 is 1.90 bits per heavy atom. The van der Waals surface area contributed by atoms with Crippen LogP contribution in [-0.2, 0) is 0 Å². The second-order valence-electron chi connectivity index (χ2n) is 7.08. The van der Waals surface area contributed by atoms with Crippen LogP contribution >= 0.6 is 0 Å². The number of nitrogens with one attached hydrogen (secondary N) is 2. The lowest BCUT2D eigenvalue weighted by atomic mass is 10.0. The van der Waals surface area contributed by atoms with Gasteiger partial charge in [0, 0.05) is 23.8 Å². The molecule has 3 aromatic heterocycles. The largest absolute Gasteiger partial charge is 0.396 e. The first kappa shape index (κ1) is 19.0. The third-order valence-electron chi connectivity index (χ3n) is 5.09. The highest BCUT2D eigenvalue weighted by Crippen LogP contribution is 2.28. The molecule has 0 aliphatic rings. The van der Waals surface area contributed by atoms with Crippen LogP contribution in [0.5, 0.6) is 0 Å². The van der Waals surface area contributed by atoms with E-state index in [-0.39, 0.29) is 18.5 Å². The van der Waals surface area contributed by atoms with Crippen molar-refractivity contribution in [2.45, 2.75) is 12.5 Å². The van der Waals surface area contributed by atoms with Crippen molar-refractivity contribution in [1.82, 2.24) is 30.1 Å². The van der Waals surface area contributed by atoms with Gasteiger partial charge in [0.2, 0.25) is 5.95 Å². The standard InChI is InChI=1S/C22H18FN7O/c23-16-4-1-13(2-5-16)19(7-8-31)29-22-24-10-15-9-14(3-6-18(15)28-22)20-17-11-27-30-21(17)26-12-25-20/h1-6,9-12,19,31H,7-8H2,(H,24,28,29)(H,25,26,27,30)/t19-/m1/s1. The van der Waals surface area contributed by atoms with E-state index < -0.39 is 0 Å². The van der Waals surface area contributed by atoms with Crippen LogP contribution in [0.1, 0.15) is 18.0 Å². The van der Waals surface area contributed by atoms with Crippen molar-refractivity contribution < 1.29 is 9.50 Å². The predicted octanol–water partition coefficient (Wildman–Crippen LogP) is 3.64. The monoisotopic (exact) mass is 415 g/mol. The number of nitrogens with zero attached hydrogens (tertiary/aromatic N) is 5. The molecular weight excluding hydrogens is 397 g/mol. The lowest BCUT2D eigenvalue weighted by Gasteiger charge is -2.18.